The van der Waals surface area contributed by atoms with Crippen molar-refractivity contribution in [1.82, 2.24) is 20.6 Å². The highest BCUT2D eigenvalue weighted by Crippen LogP contribution is 2.24. The van der Waals surface area contributed by atoms with Crippen LogP contribution in [-0.4, -0.2) is 48.1 Å². The third kappa shape index (κ3) is 5.96. The van der Waals surface area contributed by atoms with Crippen LogP contribution >= 0.6 is 24.8 Å². The van der Waals surface area contributed by atoms with Crippen LogP contribution in [0.3, 0.4) is 0 Å². The number of aryl methyl sites for hydroxylation is 1. The lowest BCUT2D eigenvalue weighted by atomic mass is 9.95. The van der Waals surface area contributed by atoms with Crippen molar-refractivity contribution in [3.8, 4) is 0 Å². The zero-order valence-electron chi connectivity index (χ0n) is 17.5. The highest BCUT2D eigenvalue weighted by Gasteiger charge is 2.26. The summed E-state index contributed by atoms with van der Waals surface area (Å²) in [7, 11) is 0. The highest BCUT2D eigenvalue weighted by atomic mass is 35.5. The Balaban J connectivity index is 0.00000171. The van der Waals surface area contributed by atoms with Crippen LogP contribution in [0.4, 0.5) is 5.95 Å². The number of rotatable bonds is 4. The molecule has 1 amide bonds. The predicted molar refractivity (Wildman–Crippen MR) is 124 cm³/mol. The molecule has 4 rings (SSSR count). The monoisotopic (exact) mass is 469 g/mol. The number of hydrogen-bond donors (Lipinski definition) is 2. The fourth-order valence-electron chi connectivity index (χ4n) is 4.14. The molecular formula is C21H29Cl2N5O3. The van der Waals surface area contributed by atoms with Crippen molar-refractivity contribution in [1.29, 1.82) is 0 Å². The van der Waals surface area contributed by atoms with Gasteiger partial charge in [0.15, 0.2) is 0 Å². The third-order valence-electron chi connectivity index (χ3n) is 5.76. The van der Waals surface area contributed by atoms with E-state index in [0.29, 0.717) is 17.3 Å². The second-order valence-corrected chi connectivity index (χ2v) is 7.82. The van der Waals surface area contributed by atoms with E-state index in [0.717, 1.165) is 51.9 Å². The van der Waals surface area contributed by atoms with Crippen molar-refractivity contribution in [3.05, 3.63) is 51.8 Å². The molecule has 0 radical (unpaired) electrons. The summed E-state index contributed by atoms with van der Waals surface area (Å²) in [5.74, 6) is 1.23. The molecule has 2 aromatic heterocycles. The van der Waals surface area contributed by atoms with E-state index >= 15 is 0 Å². The van der Waals surface area contributed by atoms with Gasteiger partial charge >= 0.3 is 5.63 Å². The van der Waals surface area contributed by atoms with E-state index < -0.39 is 5.63 Å². The number of carbonyl (C=O) groups excluding carboxylic acids is 1. The lowest BCUT2D eigenvalue weighted by Gasteiger charge is -2.32. The van der Waals surface area contributed by atoms with Crippen LogP contribution in [0.5, 0.6) is 0 Å². The number of nitrogens with one attached hydrogen (secondary N) is 2. The second-order valence-electron chi connectivity index (χ2n) is 7.82. The maximum absolute atomic E-state index is 12.8. The Morgan fingerprint density at radius 1 is 1.19 bits per heavy atom. The molecule has 0 saturated carbocycles. The van der Waals surface area contributed by atoms with Crippen LogP contribution < -0.4 is 21.2 Å². The second kappa shape index (κ2) is 11.5. The minimum absolute atomic E-state index is 0. The summed E-state index contributed by atoms with van der Waals surface area (Å²) >= 11 is 0. The first-order valence-electron chi connectivity index (χ1n) is 10.3. The van der Waals surface area contributed by atoms with Gasteiger partial charge in [-0.3, -0.25) is 4.79 Å². The van der Waals surface area contributed by atoms with Gasteiger partial charge in [-0.2, -0.15) is 0 Å². The molecule has 31 heavy (non-hydrogen) atoms. The Morgan fingerprint density at radius 3 is 2.52 bits per heavy atom. The van der Waals surface area contributed by atoms with Gasteiger partial charge in [-0.15, -0.1) is 24.8 Å². The normalized spacial score (nSPS) is 19.1. The van der Waals surface area contributed by atoms with Gasteiger partial charge in [-0.1, -0.05) is 0 Å². The Labute approximate surface area is 194 Å². The molecule has 8 nitrogen and oxygen atoms in total. The fourth-order valence-corrected chi connectivity index (χ4v) is 4.14. The largest absolute Gasteiger partial charge is 0.427 e. The molecule has 2 aromatic rings. The van der Waals surface area contributed by atoms with Gasteiger partial charge in [-0.25, -0.2) is 14.8 Å². The fraction of sp³-hybridized carbons (Fsp3) is 0.524. The number of carbonyl (C=O) groups is 1. The number of halogens is 2. The van der Waals surface area contributed by atoms with Crippen molar-refractivity contribution in [2.24, 2.45) is 0 Å². The molecule has 0 bridgehead atoms. The highest BCUT2D eigenvalue weighted by molar-refractivity contribution is 5.95. The molecule has 2 saturated heterocycles. The first kappa shape index (κ1) is 25.1. The molecule has 2 N–H and O–H groups in total. The molecule has 1 atom stereocenters. The number of hydrogen-bond acceptors (Lipinski definition) is 7. The van der Waals surface area contributed by atoms with Crippen LogP contribution in [0.25, 0.3) is 0 Å². The molecule has 10 heteroatoms. The van der Waals surface area contributed by atoms with E-state index in [1.807, 2.05) is 6.07 Å². The maximum atomic E-state index is 12.8. The van der Waals surface area contributed by atoms with Crippen LogP contribution in [0.15, 0.2) is 33.7 Å². The quantitative estimate of drug-likeness (QED) is 0.708. The van der Waals surface area contributed by atoms with Gasteiger partial charge in [0.05, 0.1) is 0 Å². The Morgan fingerprint density at radius 2 is 1.90 bits per heavy atom. The molecule has 0 aliphatic carbocycles. The van der Waals surface area contributed by atoms with Crippen molar-refractivity contribution in [2.75, 3.05) is 31.1 Å². The number of nitrogens with zero attached hydrogens (tertiary/aromatic N) is 3. The van der Waals surface area contributed by atoms with Crippen LogP contribution in [0.1, 0.15) is 53.3 Å². The zero-order chi connectivity index (χ0) is 20.2. The van der Waals surface area contributed by atoms with E-state index in [-0.39, 0.29) is 48.2 Å². The molecule has 2 aliphatic rings. The summed E-state index contributed by atoms with van der Waals surface area (Å²) in [5, 5.41) is 6.33. The Hall–Kier alpha value is -2.16. The van der Waals surface area contributed by atoms with Gasteiger partial charge in [0.2, 0.25) is 5.95 Å². The van der Waals surface area contributed by atoms with Gasteiger partial charge in [0.1, 0.15) is 11.3 Å². The van der Waals surface area contributed by atoms with Crippen molar-refractivity contribution in [3.63, 3.8) is 0 Å². The van der Waals surface area contributed by atoms with Gasteiger partial charge in [0, 0.05) is 44.0 Å². The van der Waals surface area contributed by atoms with E-state index in [1.54, 1.807) is 25.4 Å². The molecule has 170 valence electrons. The molecule has 4 heterocycles. The standard InChI is InChI=1S/C21H27N5O3.2ClH/c1-14-12-17(15-4-2-7-22-13-15)29-20(28)18(14)19(27)25-16-5-10-26(11-6-16)21-23-8-3-9-24-21;;/h3,8-9,12,15-16,22H,2,4-7,10-11,13H2,1H3,(H,25,27);2*1H. The summed E-state index contributed by atoms with van der Waals surface area (Å²) in [6, 6.07) is 3.66. The van der Waals surface area contributed by atoms with Crippen molar-refractivity contribution >= 4 is 36.7 Å². The van der Waals surface area contributed by atoms with Crippen LogP contribution in [-0.2, 0) is 0 Å². The maximum Gasteiger partial charge on any atom is 0.349 e. The SMILES string of the molecule is Cc1cc(C2CCCNC2)oc(=O)c1C(=O)NC1CCN(c2ncccn2)CC1.Cl.Cl. The number of amides is 1. The van der Waals surface area contributed by atoms with E-state index in [1.165, 1.54) is 0 Å². The lowest BCUT2D eigenvalue weighted by Crippen LogP contribution is -2.46. The summed E-state index contributed by atoms with van der Waals surface area (Å²) in [5.41, 5.74) is 0.249. The first-order valence-corrected chi connectivity index (χ1v) is 10.3. The van der Waals surface area contributed by atoms with Gasteiger partial charge in [-0.05, 0) is 56.8 Å². The molecule has 0 aromatic carbocycles. The number of aromatic nitrogens is 2. The number of piperidine rings is 2. The summed E-state index contributed by atoms with van der Waals surface area (Å²) in [6.45, 7) is 5.13. The zero-order valence-corrected chi connectivity index (χ0v) is 19.1. The Kier molecular flexibility index (Phi) is 9.28. The summed E-state index contributed by atoms with van der Waals surface area (Å²) in [4.78, 5) is 36.0. The van der Waals surface area contributed by atoms with E-state index in [2.05, 4.69) is 25.5 Å². The smallest absolute Gasteiger partial charge is 0.349 e. The molecule has 2 aliphatic heterocycles. The third-order valence-corrected chi connectivity index (χ3v) is 5.76. The minimum atomic E-state index is -0.543. The van der Waals surface area contributed by atoms with Crippen molar-refractivity contribution < 1.29 is 9.21 Å². The van der Waals surface area contributed by atoms with E-state index in [9.17, 15) is 9.59 Å². The number of anilines is 1. The average Bonchev–Trinajstić information content (AvgIpc) is 2.75. The minimum Gasteiger partial charge on any atom is -0.427 e. The van der Waals surface area contributed by atoms with Gasteiger partial charge in [0.25, 0.3) is 5.91 Å². The van der Waals surface area contributed by atoms with Crippen LogP contribution in [0.2, 0.25) is 0 Å². The average molecular weight is 470 g/mol. The Bertz CT molecular complexity index is 911. The topological polar surface area (TPSA) is 100 Å². The van der Waals surface area contributed by atoms with Crippen molar-refractivity contribution in [2.45, 2.75) is 44.6 Å². The van der Waals surface area contributed by atoms with Gasteiger partial charge < -0.3 is 20.0 Å². The van der Waals surface area contributed by atoms with E-state index in [4.69, 9.17) is 4.42 Å². The first-order chi connectivity index (χ1) is 14.1. The summed E-state index contributed by atoms with van der Waals surface area (Å²) in [6.07, 6.45) is 7.06. The van der Waals surface area contributed by atoms with Crippen LogP contribution in [0, 0.1) is 6.92 Å². The predicted octanol–water partition coefficient (Wildman–Crippen LogP) is 2.45. The summed E-state index contributed by atoms with van der Waals surface area (Å²) < 4.78 is 5.53. The molecule has 1 unspecified atom stereocenters. The molecular weight excluding hydrogens is 441 g/mol. The molecule has 0 spiro atoms. The lowest BCUT2D eigenvalue weighted by molar-refractivity contribution is 0.0925. The molecule has 2 fully saturated rings.